The van der Waals surface area contributed by atoms with E-state index >= 15 is 0 Å². The smallest absolute Gasteiger partial charge is 0.314 e. The fourth-order valence-electron chi connectivity index (χ4n) is 2.33. The second kappa shape index (κ2) is 7.84. The Kier molecular flexibility index (Phi) is 5.82. The number of para-hydroxylation sites is 1. The van der Waals surface area contributed by atoms with E-state index in [2.05, 4.69) is 10.6 Å². The lowest BCUT2D eigenvalue weighted by atomic mass is 10.1. The maximum absolute atomic E-state index is 12.2. The van der Waals surface area contributed by atoms with Gasteiger partial charge in [0.15, 0.2) is 0 Å². The number of carbonyl (C=O) groups excluding carboxylic acids is 2. The molecule has 6 heteroatoms. The number of carbonyl (C=O) groups is 2. The normalized spacial score (nSPS) is 10.2. The summed E-state index contributed by atoms with van der Waals surface area (Å²) in [5, 5.41) is 5.63. The Morgan fingerprint density at radius 2 is 1.83 bits per heavy atom. The molecule has 0 heterocycles. The predicted octanol–water partition coefficient (Wildman–Crippen LogP) is 3.80. The van der Waals surface area contributed by atoms with Crippen molar-refractivity contribution < 1.29 is 14.3 Å². The van der Waals surface area contributed by atoms with Gasteiger partial charge in [-0.05, 0) is 42.7 Å². The van der Waals surface area contributed by atoms with E-state index < -0.39 is 11.8 Å². The molecule has 0 saturated heterocycles. The van der Waals surface area contributed by atoms with Gasteiger partial charge in [0, 0.05) is 10.7 Å². The van der Waals surface area contributed by atoms with Crippen molar-refractivity contribution >= 4 is 34.8 Å². The molecule has 0 atom stereocenters. The monoisotopic (exact) mass is 346 g/mol. The maximum Gasteiger partial charge on any atom is 0.314 e. The van der Waals surface area contributed by atoms with Crippen LogP contribution < -0.4 is 15.4 Å². The number of methoxy groups -OCH3 is 1. The maximum atomic E-state index is 12.2. The SMILES string of the molecule is CCc1cccc(C)c1NC(=O)C(=O)Nc1cc(Cl)ccc1OC. The van der Waals surface area contributed by atoms with Crippen LogP contribution in [0.3, 0.4) is 0 Å². The first-order valence-corrected chi connectivity index (χ1v) is 7.88. The molecule has 2 rings (SSSR count). The molecule has 0 aliphatic heterocycles. The van der Waals surface area contributed by atoms with Crippen LogP contribution >= 0.6 is 11.6 Å². The van der Waals surface area contributed by atoms with E-state index in [0.717, 1.165) is 17.5 Å². The Labute approximate surface area is 146 Å². The molecule has 0 spiro atoms. The van der Waals surface area contributed by atoms with Gasteiger partial charge in [-0.25, -0.2) is 0 Å². The van der Waals surface area contributed by atoms with Crippen molar-refractivity contribution in [1.29, 1.82) is 0 Å². The first-order valence-electron chi connectivity index (χ1n) is 7.50. The van der Waals surface area contributed by atoms with Crippen LogP contribution in [-0.2, 0) is 16.0 Å². The van der Waals surface area contributed by atoms with Crippen molar-refractivity contribution in [3.63, 3.8) is 0 Å². The summed E-state index contributed by atoms with van der Waals surface area (Å²) in [5.74, 6) is -1.12. The van der Waals surface area contributed by atoms with Gasteiger partial charge < -0.3 is 15.4 Å². The van der Waals surface area contributed by atoms with E-state index in [1.54, 1.807) is 12.1 Å². The highest BCUT2D eigenvalue weighted by atomic mass is 35.5. The highest BCUT2D eigenvalue weighted by molar-refractivity contribution is 6.44. The van der Waals surface area contributed by atoms with Crippen molar-refractivity contribution in [3.8, 4) is 5.75 Å². The number of benzene rings is 2. The average molecular weight is 347 g/mol. The zero-order valence-electron chi connectivity index (χ0n) is 13.8. The van der Waals surface area contributed by atoms with Gasteiger partial charge in [0.2, 0.25) is 0 Å². The molecule has 0 aliphatic rings. The van der Waals surface area contributed by atoms with Gasteiger partial charge in [-0.15, -0.1) is 0 Å². The van der Waals surface area contributed by atoms with Crippen LogP contribution in [0, 0.1) is 6.92 Å². The molecule has 0 unspecified atom stereocenters. The fraction of sp³-hybridized carbons (Fsp3) is 0.222. The van der Waals surface area contributed by atoms with E-state index in [1.165, 1.54) is 13.2 Å². The minimum Gasteiger partial charge on any atom is -0.495 e. The summed E-state index contributed by atoms with van der Waals surface area (Å²) in [6.07, 6.45) is 0.751. The van der Waals surface area contributed by atoms with Gasteiger partial charge in [-0.1, -0.05) is 36.7 Å². The van der Waals surface area contributed by atoms with Crippen LogP contribution in [-0.4, -0.2) is 18.9 Å². The number of rotatable bonds is 4. The van der Waals surface area contributed by atoms with E-state index in [9.17, 15) is 9.59 Å². The molecule has 0 bridgehead atoms. The van der Waals surface area contributed by atoms with Gasteiger partial charge in [0.05, 0.1) is 12.8 Å². The highest BCUT2D eigenvalue weighted by Gasteiger charge is 2.18. The molecule has 0 saturated carbocycles. The third-order valence-corrected chi connectivity index (χ3v) is 3.83. The van der Waals surface area contributed by atoms with E-state index in [4.69, 9.17) is 16.3 Å². The standard InChI is InChI=1S/C18H19ClN2O3/c1-4-12-7-5-6-11(2)16(12)21-18(23)17(22)20-14-10-13(19)8-9-15(14)24-3/h5-10H,4H2,1-3H3,(H,20,22)(H,21,23). The Balaban J connectivity index is 2.17. The minimum atomic E-state index is -0.791. The molecule has 0 fully saturated rings. The molecule has 2 N–H and O–H groups in total. The van der Waals surface area contributed by atoms with Crippen LogP contribution in [0.15, 0.2) is 36.4 Å². The number of ether oxygens (including phenoxy) is 1. The molecule has 0 radical (unpaired) electrons. The molecule has 126 valence electrons. The summed E-state index contributed by atoms with van der Waals surface area (Å²) in [4.78, 5) is 24.4. The Morgan fingerprint density at radius 1 is 1.12 bits per heavy atom. The molecule has 5 nitrogen and oxygen atoms in total. The van der Waals surface area contributed by atoms with E-state index in [-0.39, 0.29) is 0 Å². The van der Waals surface area contributed by atoms with Crippen LogP contribution in [0.1, 0.15) is 18.1 Å². The van der Waals surface area contributed by atoms with Crippen LogP contribution in [0.4, 0.5) is 11.4 Å². The zero-order chi connectivity index (χ0) is 17.7. The quantitative estimate of drug-likeness (QED) is 0.827. The largest absolute Gasteiger partial charge is 0.495 e. The molecule has 2 aromatic rings. The van der Waals surface area contributed by atoms with Crippen LogP contribution in [0.5, 0.6) is 5.75 Å². The molecule has 2 amide bonds. The zero-order valence-corrected chi connectivity index (χ0v) is 14.5. The number of aryl methyl sites for hydroxylation is 2. The summed E-state index contributed by atoms with van der Waals surface area (Å²) in [6.45, 7) is 3.87. The number of hydrogen-bond donors (Lipinski definition) is 2. The molecule has 0 aromatic heterocycles. The number of halogens is 1. The van der Waals surface area contributed by atoms with Crippen LogP contribution in [0.25, 0.3) is 0 Å². The summed E-state index contributed by atoms with van der Waals surface area (Å²) >= 11 is 5.92. The summed E-state index contributed by atoms with van der Waals surface area (Å²) < 4.78 is 5.15. The summed E-state index contributed by atoms with van der Waals surface area (Å²) in [6, 6.07) is 10.5. The highest BCUT2D eigenvalue weighted by Crippen LogP contribution is 2.27. The Hall–Kier alpha value is -2.53. The lowest BCUT2D eigenvalue weighted by Crippen LogP contribution is -2.30. The second-order valence-electron chi connectivity index (χ2n) is 5.22. The van der Waals surface area contributed by atoms with Crippen molar-refractivity contribution in [1.82, 2.24) is 0 Å². The third kappa shape index (κ3) is 4.06. The Morgan fingerprint density at radius 3 is 2.50 bits per heavy atom. The molecule has 2 aromatic carbocycles. The average Bonchev–Trinajstić information content (AvgIpc) is 2.56. The summed E-state index contributed by atoms with van der Waals surface area (Å²) in [7, 11) is 1.47. The number of anilines is 2. The number of hydrogen-bond acceptors (Lipinski definition) is 3. The molecular formula is C18H19ClN2O3. The lowest BCUT2D eigenvalue weighted by molar-refractivity contribution is -0.133. The molecular weight excluding hydrogens is 328 g/mol. The van der Waals surface area contributed by atoms with Crippen LogP contribution in [0.2, 0.25) is 5.02 Å². The number of nitrogens with one attached hydrogen (secondary N) is 2. The van der Waals surface area contributed by atoms with E-state index in [1.807, 2.05) is 32.0 Å². The summed E-state index contributed by atoms with van der Waals surface area (Å²) in [5.41, 5.74) is 2.87. The third-order valence-electron chi connectivity index (χ3n) is 3.59. The van der Waals surface area contributed by atoms with Crippen molar-refractivity contribution in [3.05, 3.63) is 52.5 Å². The van der Waals surface area contributed by atoms with Gasteiger partial charge in [0.1, 0.15) is 5.75 Å². The second-order valence-corrected chi connectivity index (χ2v) is 5.65. The van der Waals surface area contributed by atoms with Gasteiger partial charge in [-0.3, -0.25) is 9.59 Å². The van der Waals surface area contributed by atoms with E-state index in [0.29, 0.717) is 22.1 Å². The first kappa shape index (κ1) is 17.8. The van der Waals surface area contributed by atoms with Crippen molar-refractivity contribution in [2.75, 3.05) is 17.7 Å². The Bertz CT molecular complexity index is 775. The van der Waals surface area contributed by atoms with Gasteiger partial charge in [0.25, 0.3) is 0 Å². The lowest BCUT2D eigenvalue weighted by Gasteiger charge is -2.14. The topological polar surface area (TPSA) is 67.4 Å². The van der Waals surface area contributed by atoms with Crippen molar-refractivity contribution in [2.24, 2.45) is 0 Å². The predicted molar refractivity (Wildman–Crippen MR) is 95.8 cm³/mol. The minimum absolute atomic E-state index is 0.339. The first-order chi connectivity index (χ1) is 11.5. The number of amides is 2. The molecule has 24 heavy (non-hydrogen) atoms. The fourth-order valence-corrected chi connectivity index (χ4v) is 2.50. The van der Waals surface area contributed by atoms with Crippen molar-refractivity contribution in [2.45, 2.75) is 20.3 Å². The van der Waals surface area contributed by atoms with Gasteiger partial charge in [-0.2, -0.15) is 0 Å². The van der Waals surface area contributed by atoms with Gasteiger partial charge >= 0.3 is 11.8 Å². The molecule has 0 aliphatic carbocycles.